The number of benzene rings is 1. The van der Waals surface area contributed by atoms with Crippen molar-refractivity contribution in [2.24, 2.45) is 5.73 Å². The number of nitrogens with two attached hydrogens (primary N) is 1. The first kappa shape index (κ1) is 11.2. The van der Waals surface area contributed by atoms with Gasteiger partial charge in [-0.1, -0.05) is 12.1 Å². The summed E-state index contributed by atoms with van der Waals surface area (Å²) in [6.45, 7) is 0.249. The summed E-state index contributed by atoms with van der Waals surface area (Å²) < 4.78 is 46.8. The molecular weight excluding hydrogens is 215 g/mol. The summed E-state index contributed by atoms with van der Waals surface area (Å²) >= 11 is 0. The molecule has 0 aliphatic carbocycles. The van der Waals surface area contributed by atoms with Gasteiger partial charge in [0.1, 0.15) is 0 Å². The topological polar surface area (TPSA) is 43.1 Å². The maximum atomic E-state index is 12.0. The van der Waals surface area contributed by atoms with Crippen molar-refractivity contribution >= 4 is 10.8 Å². The molecule has 0 amide bonds. The molecule has 0 aliphatic rings. The molecule has 78 valence electrons. The summed E-state index contributed by atoms with van der Waals surface area (Å²) in [5.41, 5.74) is 1.26. The van der Waals surface area contributed by atoms with Gasteiger partial charge in [0.15, 0.2) is 10.8 Å². The van der Waals surface area contributed by atoms with E-state index in [1.54, 1.807) is 0 Å². The lowest BCUT2D eigenvalue weighted by Gasteiger charge is -2.06. The number of hydrogen-bond acceptors (Lipinski definition) is 2. The smallest absolute Gasteiger partial charge is 0.326 e. The Morgan fingerprint density at radius 1 is 1.21 bits per heavy atom. The van der Waals surface area contributed by atoms with Gasteiger partial charge < -0.3 is 5.73 Å². The summed E-state index contributed by atoms with van der Waals surface area (Å²) in [6.07, 6.45) is 0. The molecule has 2 nitrogen and oxygen atoms in total. The van der Waals surface area contributed by atoms with E-state index in [9.17, 15) is 17.4 Å². The Hall–Kier alpha value is -0.880. The molecule has 6 heteroatoms. The fourth-order valence-corrected chi connectivity index (χ4v) is 1.53. The van der Waals surface area contributed by atoms with Gasteiger partial charge in [0.25, 0.3) is 0 Å². The SMILES string of the molecule is NCc1ccc(S(=O)C(F)(F)F)cc1. The van der Waals surface area contributed by atoms with Crippen LogP contribution in [0.15, 0.2) is 29.2 Å². The van der Waals surface area contributed by atoms with Gasteiger partial charge >= 0.3 is 5.51 Å². The number of rotatable bonds is 2. The minimum absolute atomic E-state index is 0.249. The Kier molecular flexibility index (Phi) is 3.28. The predicted octanol–water partition coefficient (Wildman–Crippen LogP) is 1.77. The van der Waals surface area contributed by atoms with Crippen molar-refractivity contribution in [2.45, 2.75) is 16.9 Å². The highest BCUT2D eigenvalue weighted by Gasteiger charge is 2.37. The van der Waals surface area contributed by atoms with E-state index in [1.165, 1.54) is 24.3 Å². The molecule has 0 heterocycles. The predicted molar refractivity (Wildman–Crippen MR) is 46.8 cm³/mol. The molecule has 1 atom stereocenters. The molecule has 1 unspecified atom stereocenters. The molecule has 1 aromatic rings. The van der Waals surface area contributed by atoms with Crippen LogP contribution in [0.1, 0.15) is 5.56 Å². The third kappa shape index (κ3) is 2.55. The lowest BCUT2D eigenvalue weighted by Crippen LogP contribution is -2.16. The van der Waals surface area contributed by atoms with Crippen LogP contribution in [0.3, 0.4) is 0 Å². The second-order valence-corrected chi connectivity index (χ2v) is 4.03. The zero-order valence-corrected chi connectivity index (χ0v) is 7.86. The number of hydrogen-bond donors (Lipinski definition) is 1. The highest BCUT2D eigenvalue weighted by Crippen LogP contribution is 2.26. The Balaban J connectivity index is 2.93. The van der Waals surface area contributed by atoms with Crippen molar-refractivity contribution in [1.82, 2.24) is 0 Å². The Morgan fingerprint density at radius 3 is 2.07 bits per heavy atom. The van der Waals surface area contributed by atoms with E-state index < -0.39 is 16.3 Å². The Bertz CT molecular complexity index is 333. The van der Waals surface area contributed by atoms with E-state index in [-0.39, 0.29) is 11.4 Å². The third-order valence-electron chi connectivity index (χ3n) is 1.58. The van der Waals surface area contributed by atoms with Crippen LogP contribution in [0, 0.1) is 0 Å². The fraction of sp³-hybridized carbons (Fsp3) is 0.250. The van der Waals surface area contributed by atoms with Crippen LogP contribution in [0.25, 0.3) is 0 Å². The summed E-state index contributed by atoms with van der Waals surface area (Å²) in [6, 6.07) is 5.20. The van der Waals surface area contributed by atoms with Gasteiger partial charge in [-0.25, -0.2) is 4.21 Å². The van der Waals surface area contributed by atoms with Gasteiger partial charge in [-0.05, 0) is 17.7 Å². The molecule has 0 saturated carbocycles. The van der Waals surface area contributed by atoms with Crippen molar-refractivity contribution in [1.29, 1.82) is 0 Å². The quantitative estimate of drug-likeness (QED) is 0.830. The molecule has 2 N–H and O–H groups in total. The van der Waals surface area contributed by atoms with E-state index in [0.717, 1.165) is 0 Å². The van der Waals surface area contributed by atoms with E-state index >= 15 is 0 Å². The normalized spacial score (nSPS) is 14.0. The van der Waals surface area contributed by atoms with E-state index in [4.69, 9.17) is 5.73 Å². The molecule has 0 spiro atoms. The second kappa shape index (κ2) is 4.10. The van der Waals surface area contributed by atoms with Crippen LogP contribution in [0.4, 0.5) is 13.2 Å². The molecule has 0 bridgehead atoms. The molecule has 0 radical (unpaired) electrons. The fourth-order valence-electron chi connectivity index (χ4n) is 0.883. The lowest BCUT2D eigenvalue weighted by molar-refractivity contribution is -0.0384. The van der Waals surface area contributed by atoms with Gasteiger partial charge in [0.05, 0.1) is 0 Å². The summed E-state index contributed by atoms with van der Waals surface area (Å²) in [5.74, 6) is 0. The van der Waals surface area contributed by atoms with Crippen LogP contribution in [-0.2, 0) is 17.3 Å². The molecular formula is C8H8F3NOS. The minimum atomic E-state index is -4.70. The molecule has 14 heavy (non-hydrogen) atoms. The third-order valence-corrected chi connectivity index (χ3v) is 2.70. The van der Waals surface area contributed by atoms with E-state index in [2.05, 4.69) is 0 Å². The highest BCUT2D eigenvalue weighted by atomic mass is 32.2. The maximum Gasteiger partial charge on any atom is 0.475 e. The van der Waals surface area contributed by atoms with Crippen LogP contribution >= 0.6 is 0 Å². The standard InChI is InChI=1S/C8H8F3NOS/c9-8(10,11)14(13)7-3-1-6(5-12)2-4-7/h1-4H,5,12H2. The molecule has 0 fully saturated rings. The average Bonchev–Trinajstić information content (AvgIpc) is 2.15. The van der Waals surface area contributed by atoms with Crippen LogP contribution in [0.5, 0.6) is 0 Å². The first-order valence-electron chi connectivity index (χ1n) is 3.73. The van der Waals surface area contributed by atoms with Gasteiger partial charge in [-0.3, -0.25) is 0 Å². The highest BCUT2D eigenvalue weighted by molar-refractivity contribution is 7.86. The molecule has 1 rings (SSSR count). The largest absolute Gasteiger partial charge is 0.475 e. The van der Waals surface area contributed by atoms with Gasteiger partial charge in [0, 0.05) is 11.4 Å². The Morgan fingerprint density at radius 2 is 1.71 bits per heavy atom. The minimum Gasteiger partial charge on any atom is -0.326 e. The molecule has 0 aliphatic heterocycles. The van der Waals surface area contributed by atoms with Crippen molar-refractivity contribution in [3.63, 3.8) is 0 Å². The van der Waals surface area contributed by atoms with Gasteiger partial charge in [0.2, 0.25) is 0 Å². The summed E-state index contributed by atoms with van der Waals surface area (Å²) in [7, 11) is -2.95. The first-order chi connectivity index (χ1) is 6.45. The van der Waals surface area contributed by atoms with Gasteiger partial charge in [-0.2, -0.15) is 13.2 Å². The maximum absolute atomic E-state index is 12.0. The van der Waals surface area contributed by atoms with Crippen LogP contribution in [0.2, 0.25) is 0 Å². The van der Waals surface area contributed by atoms with Crippen molar-refractivity contribution in [3.05, 3.63) is 29.8 Å². The second-order valence-electron chi connectivity index (χ2n) is 2.56. The number of alkyl halides is 3. The summed E-state index contributed by atoms with van der Waals surface area (Å²) in [4.78, 5) is -0.255. The lowest BCUT2D eigenvalue weighted by atomic mass is 10.2. The first-order valence-corrected chi connectivity index (χ1v) is 4.87. The monoisotopic (exact) mass is 223 g/mol. The molecule has 0 aromatic heterocycles. The Labute approximate surface area is 81.4 Å². The molecule has 1 aromatic carbocycles. The molecule has 0 saturated heterocycles. The summed E-state index contributed by atoms with van der Waals surface area (Å²) in [5, 5.41) is 0. The van der Waals surface area contributed by atoms with Crippen molar-refractivity contribution < 1.29 is 17.4 Å². The van der Waals surface area contributed by atoms with Crippen molar-refractivity contribution in [3.8, 4) is 0 Å². The zero-order valence-electron chi connectivity index (χ0n) is 7.04. The van der Waals surface area contributed by atoms with Crippen LogP contribution in [-0.4, -0.2) is 9.72 Å². The van der Waals surface area contributed by atoms with E-state index in [0.29, 0.717) is 5.56 Å². The number of halogens is 3. The van der Waals surface area contributed by atoms with E-state index in [1.807, 2.05) is 0 Å². The van der Waals surface area contributed by atoms with Crippen molar-refractivity contribution in [2.75, 3.05) is 0 Å². The zero-order chi connectivity index (χ0) is 10.8. The average molecular weight is 223 g/mol. The van der Waals surface area contributed by atoms with Gasteiger partial charge in [-0.15, -0.1) is 0 Å². The van der Waals surface area contributed by atoms with Crippen LogP contribution < -0.4 is 5.73 Å².